The molecular weight excluding hydrogens is 360 g/mol. The van der Waals surface area contributed by atoms with Crippen molar-refractivity contribution in [1.29, 1.82) is 0 Å². The van der Waals surface area contributed by atoms with Gasteiger partial charge in [-0.05, 0) is 36.6 Å². The van der Waals surface area contributed by atoms with E-state index < -0.39 is 0 Å². The summed E-state index contributed by atoms with van der Waals surface area (Å²) in [4.78, 5) is 6.65. The third-order valence-corrected chi connectivity index (χ3v) is 5.05. The summed E-state index contributed by atoms with van der Waals surface area (Å²) in [5.41, 5.74) is 3.72. The van der Waals surface area contributed by atoms with Crippen LogP contribution < -0.4 is 15.5 Å². The summed E-state index contributed by atoms with van der Waals surface area (Å²) < 4.78 is 5.92. The molecule has 2 aromatic rings. The van der Waals surface area contributed by atoms with Gasteiger partial charge in [0.2, 0.25) is 0 Å². The first-order valence-corrected chi connectivity index (χ1v) is 10.4. The second-order valence-corrected chi connectivity index (χ2v) is 7.17. The van der Waals surface area contributed by atoms with Gasteiger partial charge in [0.15, 0.2) is 5.96 Å². The van der Waals surface area contributed by atoms with Crippen LogP contribution in [0.3, 0.4) is 0 Å². The lowest BCUT2D eigenvalue weighted by Gasteiger charge is -2.18. The summed E-state index contributed by atoms with van der Waals surface area (Å²) in [5, 5.41) is 6.72. The average molecular weight is 393 g/mol. The predicted molar refractivity (Wildman–Crippen MR) is 121 cm³/mol. The zero-order valence-corrected chi connectivity index (χ0v) is 17.5. The van der Waals surface area contributed by atoms with Gasteiger partial charge in [0.25, 0.3) is 0 Å². The lowest BCUT2D eigenvalue weighted by atomic mass is 10.1. The normalized spacial score (nSPS) is 14.8. The minimum Gasteiger partial charge on any atom is -0.374 e. The minimum absolute atomic E-state index is 0.118. The molecule has 2 N–H and O–H groups in total. The van der Waals surface area contributed by atoms with E-state index in [1.54, 1.807) is 7.05 Å². The van der Waals surface area contributed by atoms with Gasteiger partial charge in [-0.2, -0.15) is 0 Å². The number of nitrogens with zero attached hydrogens (tertiary/aromatic N) is 2. The van der Waals surface area contributed by atoms with E-state index in [1.807, 2.05) is 18.2 Å². The molecule has 2 aromatic carbocycles. The highest BCUT2D eigenvalue weighted by atomic mass is 16.5. The van der Waals surface area contributed by atoms with Gasteiger partial charge >= 0.3 is 0 Å². The van der Waals surface area contributed by atoms with Crippen molar-refractivity contribution in [2.45, 2.75) is 26.0 Å². The number of aliphatic imine (C=N–C) groups is 1. The van der Waals surface area contributed by atoms with Gasteiger partial charge in [0.05, 0.1) is 6.10 Å². The zero-order valence-electron chi connectivity index (χ0n) is 17.5. The Morgan fingerprint density at radius 1 is 1.03 bits per heavy atom. The highest BCUT2D eigenvalue weighted by Crippen LogP contribution is 2.17. The fraction of sp³-hybridized carbons (Fsp3) is 0.375. The molecule has 5 heteroatoms. The van der Waals surface area contributed by atoms with Crippen molar-refractivity contribution < 1.29 is 4.74 Å². The largest absolute Gasteiger partial charge is 0.374 e. The lowest BCUT2D eigenvalue weighted by molar-refractivity contribution is 0.0646. The number of ether oxygens (including phenoxy) is 1. The number of hydrogen-bond donors (Lipinski definition) is 2. The molecule has 5 nitrogen and oxygen atoms in total. The number of benzene rings is 2. The van der Waals surface area contributed by atoms with Crippen LogP contribution in [-0.2, 0) is 11.3 Å². The number of hydrogen-bond acceptors (Lipinski definition) is 3. The van der Waals surface area contributed by atoms with Crippen molar-refractivity contribution in [3.8, 4) is 0 Å². The summed E-state index contributed by atoms with van der Waals surface area (Å²) in [6.07, 6.45) is 5.46. The van der Waals surface area contributed by atoms with E-state index >= 15 is 0 Å². The lowest BCUT2D eigenvalue weighted by Crippen LogP contribution is -2.37. The van der Waals surface area contributed by atoms with Gasteiger partial charge in [-0.3, -0.25) is 4.99 Å². The van der Waals surface area contributed by atoms with Crippen LogP contribution in [0.4, 0.5) is 5.69 Å². The second kappa shape index (κ2) is 11.3. The zero-order chi connectivity index (χ0) is 20.3. The molecular formula is C24H32N4O. The molecule has 0 bridgehead atoms. The van der Waals surface area contributed by atoms with E-state index in [0.29, 0.717) is 6.61 Å². The highest BCUT2D eigenvalue weighted by molar-refractivity contribution is 5.79. The fourth-order valence-electron chi connectivity index (χ4n) is 3.28. The van der Waals surface area contributed by atoms with E-state index in [0.717, 1.165) is 38.6 Å². The molecule has 0 aliphatic carbocycles. The standard InChI is InChI=1S/C24H32N4O/c1-20(22-9-4-3-5-10-22)29-18-8-15-26-24(25-2)27-19-21-11-13-23(14-12-21)28-16-6-7-17-28/h3-7,9-14,20H,8,15-19H2,1-2H3,(H2,25,26,27). The van der Waals surface area contributed by atoms with Crippen LogP contribution in [0.25, 0.3) is 0 Å². The first-order valence-electron chi connectivity index (χ1n) is 10.4. The summed E-state index contributed by atoms with van der Waals surface area (Å²) in [6, 6.07) is 19.0. The van der Waals surface area contributed by atoms with Crippen molar-refractivity contribution >= 4 is 11.6 Å². The van der Waals surface area contributed by atoms with Crippen molar-refractivity contribution in [3.05, 3.63) is 77.9 Å². The third kappa shape index (κ3) is 6.64. The molecule has 154 valence electrons. The maximum Gasteiger partial charge on any atom is 0.191 e. The number of rotatable bonds is 9. The topological polar surface area (TPSA) is 48.9 Å². The molecule has 3 rings (SSSR count). The maximum atomic E-state index is 5.92. The number of nitrogens with one attached hydrogen (secondary N) is 2. The van der Waals surface area contributed by atoms with E-state index in [1.165, 1.54) is 16.8 Å². The molecule has 0 saturated heterocycles. The number of guanidine groups is 1. The Morgan fingerprint density at radius 2 is 1.76 bits per heavy atom. The van der Waals surface area contributed by atoms with Crippen LogP contribution in [0, 0.1) is 0 Å². The molecule has 1 heterocycles. The Labute approximate surface area is 174 Å². The van der Waals surface area contributed by atoms with Crippen molar-refractivity contribution in [1.82, 2.24) is 10.6 Å². The summed E-state index contributed by atoms with van der Waals surface area (Å²) in [7, 11) is 1.80. The molecule has 0 radical (unpaired) electrons. The highest BCUT2D eigenvalue weighted by Gasteiger charge is 2.07. The SMILES string of the molecule is CN=C(NCCCOC(C)c1ccccc1)NCc1ccc(N2CC=CC2)cc1. The van der Waals surface area contributed by atoms with Crippen molar-refractivity contribution in [2.24, 2.45) is 4.99 Å². The predicted octanol–water partition coefficient (Wildman–Crippen LogP) is 3.90. The first-order chi connectivity index (χ1) is 14.3. The van der Waals surface area contributed by atoms with Gasteiger partial charge in [0, 0.05) is 45.5 Å². The van der Waals surface area contributed by atoms with E-state index in [4.69, 9.17) is 4.74 Å². The smallest absolute Gasteiger partial charge is 0.191 e. The Hall–Kier alpha value is -2.79. The van der Waals surface area contributed by atoms with Crippen LogP contribution in [0.1, 0.15) is 30.6 Å². The van der Waals surface area contributed by atoms with Crippen molar-refractivity contribution in [2.75, 3.05) is 38.2 Å². The van der Waals surface area contributed by atoms with Crippen molar-refractivity contribution in [3.63, 3.8) is 0 Å². The average Bonchev–Trinajstić information content (AvgIpc) is 3.31. The molecule has 0 amide bonds. The maximum absolute atomic E-state index is 5.92. The summed E-state index contributed by atoms with van der Waals surface area (Å²) in [5.74, 6) is 0.814. The van der Waals surface area contributed by atoms with E-state index in [2.05, 4.69) is 76.0 Å². The van der Waals surface area contributed by atoms with Gasteiger partial charge in [-0.15, -0.1) is 0 Å². The monoisotopic (exact) mass is 392 g/mol. The minimum atomic E-state index is 0.118. The van der Waals surface area contributed by atoms with Crippen LogP contribution in [-0.4, -0.2) is 39.2 Å². The van der Waals surface area contributed by atoms with Gasteiger partial charge in [-0.25, -0.2) is 0 Å². The molecule has 0 spiro atoms. The molecule has 0 saturated carbocycles. The first kappa shape index (κ1) is 20.9. The molecule has 1 atom stereocenters. The van der Waals surface area contributed by atoms with Crippen LogP contribution >= 0.6 is 0 Å². The van der Waals surface area contributed by atoms with E-state index in [9.17, 15) is 0 Å². The molecule has 1 unspecified atom stereocenters. The molecule has 0 aromatic heterocycles. The van der Waals surface area contributed by atoms with E-state index in [-0.39, 0.29) is 6.10 Å². The summed E-state index contributed by atoms with van der Waals surface area (Å²) in [6.45, 7) is 6.38. The Balaban J connectivity index is 1.32. The fourth-order valence-corrected chi connectivity index (χ4v) is 3.28. The molecule has 1 aliphatic heterocycles. The van der Waals surface area contributed by atoms with Crippen LogP contribution in [0.5, 0.6) is 0 Å². The molecule has 29 heavy (non-hydrogen) atoms. The van der Waals surface area contributed by atoms with Gasteiger partial charge in [0.1, 0.15) is 0 Å². The van der Waals surface area contributed by atoms with Gasteiger partial charge in [-0.1, -0.05) is 54.6 Å². The molecule has 1 aliphatic rings. The molecule has 0 fully saturated rings. The summed E-state index contributed by atoms with van der Waals surface area (Å²) >= 11 is 0. The Morgan fingerprint density at radius 3 is 2.45 bits per heavy atom. The van der Waals surface area contributed by atoms with Gasteiger partial charge < -0.3 is 20.3 Å². The third-order valence-electron chi connectivity index (χ3n) is 5.05. The van der Waals surface area contributed by atoms with Crippen LogP contribution in [0.2, 0.25) is 0 Å². The quantitative estimate of drug-likeness (QED) is 0.294. The van der Waals surface area contributed by atoms with Crippen LogP contribution in [0.15, 0.2) is 71.7 Å². The Kier molecular flexibility index (Phi) is 8.13. The Bertz CT molecular complexity index is 778. The second-order valence-electron chi connectivity index (χ2n) is 7.17. The number of anilines is 1.